The van der Waals surface area contributed by atoms with E-state index in [1.54, 1.807) is 19.0 Å². The molecular formula is C9H19N3O. The van der Waals surface area contributed by atoms with Crippen LogP contribution in [0.4, 0.5) is 4.79 Å². The third-order valence-electron chi connectivity index (χ3n) is 2.21. The van der Waals surface area contributed by atoms with Crippen molar-refractivity contribution in [2.75, 3.05) is 27.2 Å². The Kier molecular flexibility index (Phi) is 3.14. The van der Waals surface area contributed by atoms with E-state index in [0.29, 0.717) is 12.1 Å². The zero-order chi connectivity index (χ0) is 10.0. The van der Waals surface area contributed by atoms with Gasteiger partial charge in [0.15, 0.2) is 0 Å². The number of carbonyl (C=O) groups excluding carboxylic acids is 1. The molecule has 1 aliphatic heterocycles. The number of urea groups is 1. The zero-order valence-electron chi connectivity index (χ0n) is 8.87. The molecule has 0 spiro atoms. The van der Waals surface area contributed by atoms with Gasteiger partial charge in [0.1, 0.15) is 0 Å². The largest absolute Gasteiger partial charge is 0.331 e. The fourth-order valence-corrected chi connectivity index (χ4v) is 1.77. The quantitative estimate of drug-likeness (QED) is 0.591. The highest BCUT2D eigenvalue weighted by atomic mass is 16.2. The van der Waals surface area contributed by atoms with E-state index < -0.39 is 0 Å². The summed E-state index contributed by atoms with van der Waals surface area (Å²) < 4.78 is 0. The fourth-order valence-electron chi connectivity index (χ4n) is 1.77. The van der Waals surface area contributed by atoms with Gasteiger partial charge in [0.2, 0.25) is 0 Å². The van der Waals surface area contributed by atoms with Crippen LogP contribution in [-0.2, 0) is 0 Å². The lowest BCUT2D eigenvalue weighted by Gasteiger charge is -2.37. The second-order valence-corrected chi connectivity index (χ2v) is 4.05. The summed E-state index contributed by atoms with van der Waals surface area (Å²) in [6.45, 7) is 5.82. The van der Waals surface area contributed by atoms with E-state index in [2.05, 4.69) is 19.2 Å². The number of amides is 2. The van der Waals surface area contributed by atoms with E-state index in [0.717, 1.165) is 13.1 Å². The van der Waals surface area contributed by atoms with E-state index in [4.69, 9.17) is 0 Å². The molecule has 0 aliphatic carbocycles. The number of hydrogen-bond acceptors (Lipinski definition) is 2. The molecule has 1 fully saturated rings. The molecular weight excluding hydrogens is 166 g/mol. The summed E-state index contributed by atoms with van der Waals surface area (Å²) in [6.07, 6.45) is 0. The number of piperazine rings is 1. The van der Waals surface area contributed by atoms with Gasteiger partial charge >= 0.3 is 6.03 Å². The molecule has 1 N–H and O–H groups in total. The standard InChI is InChI=1S/C9H19N3O/c1-7-5-12(6-8(2)10-7)9(13)11(3)4/h7-8,10H,5-6H2,1-4H3/t7-,8+. The third-order valence-corrected chi connectivity index (χ3v) is 2.21. The third kappa shape index (κ3) is 2.59. The minimum absolute atomic E-state index is 0.111. The lowest BCUT2D eigenvalue weighted by molar-refractivity contribution is 0.142. The maximum atomic E-state index is 11.6. The number of nitrogens with zero attached hydrogens (tertiary/aromatic N) is 2. The van der Waals surface area contributed by atoms with Crippen molar-refractivity contribution in [3.05, 3.63) is 0 Å². The van der Waals surface area contributed by atoms with Crippen LogP contribution in [0.3, 0.4) is 0 Å². The molecule has 4 heteroatoms. The van der Waals surface area contributed by atoms with E-state index in [9.17, 15) is 4.79 Å². The van der Waals surface area contributed by atoms with Crippen molar-refractivity contribution in [2.24, 2.45) is 0 Å². The van der Waals surface area contributed by atoms with Gasteiger partial charge < -0.3 is 15.1 Å². The average Bonchev–Trinajstić information content (AvgIpc) is 2.01. The molecule has 0 saturated carbocycles. The molecule has 1 rings (SSSR count). The van der Waals surface area contributed by atoms with E-state index in [-0.39, 0.29) is 6.03 Å². The molecule has 2 atom stereocenters. The van der Waals surface area contributed by atoms with Crippen molar-refractivity contribution < 1.29 is 4.79 Å². The highest BCUT2D eigenvalue weighted by Gasteiger charge is 2.25. The summed E-state index contributed by atoms with van der Waals surface area (Å²) >= 11 is 0. The van der Waals surface area contributed by atoms with E-state index in [1.807, 2.05) is 4.90 Å². The maximum Gasteiger partial charge on any atom is 0.319 e. The van der Waals surface area contributed by atoms with E-state index in [1.165, 1.54) is 0 Å². The van der Waals surface area contributed by atoms with Gasteiger partial charge in [-0.2, -0.15) is 0 Å². The van der Waals surface area contributed by atoms with Gasteiger partial charge in [-0.15, -0.1) is 0 Å². The smallest absolute Gasteiger partial charge is 0.319 e. The molecule has 4 nitrogen and oxygen atoms in total. The molecule has 1 heterocycles. The second-order valence-electron chi connectivity index (χ2n) is 4.05. The fraction of sp³-hybridized carbons (Fsp3) is 0.889. The molecule has 0 unspecified atom stereocenters. The van der Waals surface area contributed by atoms with Crippen LogP contribution in [0.5, 0.6) is 0 Å². The summed E-state index contributed by atoms with van der Waals surface area (Å²) in [5.41, 5.74) is 0. The van der Waals surface area contributed by atoms with Gasteiger partial charge in [-0.25, -0.2) is 4.79 Å². The molecule has 1 aliphatic rings. The molecule has 1 saturated heterocycles. The summed E-state index contributed by atoms with van der Waals surface area (Å²) in [7, 11) is 3.58. The minimum Gasteiger partial charge on any atom is -0.331 e. The van der Waals surface area contributed by atoms with Gasteiger partial charge in [0.05, 0.1) is 0 Å². The number of carbonyl (C=O) groups is 1. The Morgan fingerprint density at radius 2 is 1.77 bits per heavy atom. The minimum atomic E-state index is 0.111. The van der Waals surface area contributed by atoms with Gasteiger partial charge in [-0.3, -0.25) is 0 Å². The van der Waals surface area contributed by atoms with E-state index >= 15 is 0 Å². The molecule has 0 bridgehead atoms. The highest BCUT2D eigenvalue weighted by molar-refractivity contribution is 5.74. The van der Waals surface area contributed by atoms with Gasteiger partial charge in [-0.1, -0.05) is 0 Å². The van der Waals surface area contributed by atoms with Crippen LogP contribution >= 0.6 is 0 Å². The lowest BCUT2D eigenvalue weighted by atomic mass is 10.1. The molecule has 0 radical (unpaired) electrons. The van der Waals surface area contributed by atoms with Gasteiger partial charge in [-0.05, 0) is 13.8 Å². The van der Waals surface area contributed by atoms with Crippen molar-refractivity contribution in [3.8, 4) is 0 Å². The van der Waals surface area contributed by atoms with Crippen LogP contribution in [0.1, 0.15) is 13.8 Å². The van der Waals surface area contributed by atoms with Gasteiger partial charge in [0.25, 0.3) is 0 Å². The Labute approximate surface area is 79.9 Å². The first-order valence-corrected chi connectivity index (χ1v) is 4.73. The van der Waals surface area contributed by atoms with Crippen LogP contribution in [0.15, 0.2) is 0 Å². The molecule has 0 aromatic carbocycles. The van der Waals surface area contributed by atoms with Crippen LogP contribution in [-0.4, -0.2) is 55.1 Å². The van der Waals surface area contributed by atoms with Crippen molar-refractivity contribution in [2.45, 2.75) is 25.9 Å². The first-order valence-electron chi connectivity index (χ1n) is 4.73. The monoisotopic (exact) mass is 185 g/mol. The van der Waals surface area contributed by atoms with Crippen molar-refractivity contribution >= 4 is 6.03 Å². The molecule has 0 aromatic rings. The maximum absolute atomic E-state index is 11.6. The predicted molar refractivity (Wildman–Crippen MR) is 52.7 cm³/mol. The second kappa shape index (κ2) is 3.96. The molecule has 76 valence electrons. The summed E-state index contributed by atoms with van der Waals surface area (Å²) in [6, 6.07) is 0.903. The zero-order valence-corrected chi connectivity index (χ0v) is 8.87. The Hall–Kier alpha value is -0.770. The molecule has 2 amide bonds. The van der Waals surface area contributed by atoms with Crippen LogP contribution < -0.4 is 5.32 Å². The SMILES string of the molecule is C[C@@H]1CN(C(=O)N(C)C)C[C@H](C)N1. The predicted octanol–water partition coefficient (Wildman–Crippen LogP) is 0.350. The van der Waals surface area contributed by atoms with Crippen molar-refractivity contribution in [1.82, 2.24) is 15.1 Å². The van der Waals surface area contributed by atoms with Crippen LogP contribution in [0, 0.1) is 0 Å². The Morgan fingerprint density at radius 1 is 1.31 bits per heavy atom. The number of hydrogen-bond donors (Lipinski definition) is 1. The number of nitrogens with one attached hydrogen (secondary N) is 1. The Bertz CT molecular complexity index is 183. The highest BCUT2D eigenvalue weighted by Crippen LogP contribution is 2.05. The summed E-state index contributed by atoms with van der Waals surface area (Å²) in [5, 5.41) is 3.39. The first kappa shape index (κ1) is 10.3. The lowest BCUT2D eigenvalue weighted by Crippen LogP contribution is -2.57. The summed E-state index contributed by atoms with van der Waals surface area (Å²) in [5.74, 6) is 0. The normalized spacial score (nSPS) is 28.8. The number of rotatable bonds is 0. The molecule has 0 aromatic heterocycles. The Morgan fingerprint density at radius 3 is 2.15 bits per heavy atom. The van der Waals surface area contributed by atoms with Crippen molar-refractivity contribution in [3.63, 3.8) is 0 Å². The summed E-state index contributed by atoms with van der Waals surface area (Å²) in [4.78, 5) is 15.1. The van der Waals surface area contributed by atoms with Crippen molar-refractivity contribution in [1.29, 1.82) is 0 Å². The molecule has 13 heavy (non-hydrogen) atoms. The Balaban J connectivity index is 2.55. The first-order chi connectivity index (χ1) is 6.00. The average molecular weight is 185 g/mol. The van der Waals surface area contributed by atoms with Gasteiger partial charge in [0, 0.05) is 39.3 Å². The van der Waals surface area contributed by atoms with Crippen LogP contribution in [0.2, 0.25) is 0 Å². The topological polar surface area (TPSA) is 35.6 Å². The van der Waals surface area contributed by atoms with Crippen LogP contribution in [0.25, 0.3) is 0 Å².